The van der Waals surface area contributed by atoms with E-state index >= 15 is 0 Å². The lowest BCUT2D eigenvalue weighted by Gasteiger charge is -2.13. The molecule has 0 aliphatic rings. The Morgan fingerprint density at radius 2 is 0.938 bits per heavy atom. The van der Waals surface area contributed by atoms with Gasteiger partial charge in [-0.1, -0.05) is 158 Å². The molecule has 3 heterocycles. The topological polar surface area (TPSA) is 63.9 Å². The summed E-state index contributed by atoms with van der Waals surface area (Å²) in [6, 6.07) is 70.1. The maximum absolute atomic E-state index is 5.35. The van der Waals surface area contributed by atoms with Gasteiger partial charge in [-0.3, -0.25) is 15.0 Å². The van der Waals surface area contributed by atoms with Crippen molar-refractivity contribution >= 4 is 54.6 Å². The smallest absolute Gasteiger partial charge is 0.160 e. The molecule has 11 rings (SSSR count). The highest BCUT2D eigenvalue weighted by Gasteiger charge is 2.14. The summed E-state index contributed by atoms with van der Waals surface area (Å²) in [5.41, 5.74) is 14.1. The SMILES string of the molecule is C/C(=C\C(=NC(C)c1ccc2ccccc2c1)c1cnc2ccccc2c1)c1ccc(-c2ccc(-c3cc(-c4cnc5ccccc5c4)nc(-c4ccc5ccccc5c4)n3)cc2)cc1. The van der Waals surface area contributed by atoms with Crippen molar-refractivity contribution < 1.29 is 0 Å². The van der Waals surface area contributed by atoms with Crippen molar-refractivity contribution in [2.45, 2.75) is 19.9 Å². The summed E-state index contributed by atoms with van der Waals surface area (Å²) in [6.07, 6.45) is 6.05. The van der Waals surface area contributed by atoms with Crippen molar-refractivity contribution in [3.63, 3.8) is 0 Å². The second-order valence-corrected chi connectivity index (χ2v) is 16.6. The van der Waals surface area contributed by atoms with Crippen LogP contribution in [0.1, 0.15) is 36.6 Å². The standard InChI is InChI=1S/C60H43N5/c1-39(31-57(53-34-50-15-7-9-17-55(50)61-37-53)63-40(2)47-29-25-42-11-3-5-13-48(42)32-47)41-19-21-44(22-20-41)45-23-27-46(28-24-45)58-36-59(54-35-51-16-8-10-18-56(51)62-38-54)65-60(64-58)52-30-26-43-12-4-6-14-49(43)33-52/h3-38,40H,1-2H3/b39-31+,63-57?. The maximum Gasteiger partial charge on any atom is 0.160 e. The van der Waals surface area contributed by atoms with E-state index in [9.17, 15) is 0 Å². The van der Waals surface area contributed by atoms with Crippen molar-refractivity contribution in [2.75, 3.05) is 0 Å². The Hall–Kier alpha value is -8.41. The van der Waals surface area contributed by atoms with Gasteiger partial charge in [0.25, 0.3) is 0 Å². The number of pyridine rings is 2. The second kappa shape index (κ2) is 17.0. The Bertz CT molecular complexity index is 3530. The molecule has 1 atom stereocenters. The Labute approximate surface area is 378 Å². The molecule has 308 valence electrons. The molecule has 0 bridgehead atoms. The fourth-order valence-corrected chi connectivity index (χ4v) is 8.62. The van der Waals surface area contributed by atoms with Crippen LogP contribution >= 0.6 is 0 Å². The minimum atomic E-state index is -0.0645. The van der Waals surface area contributed by atoms with Gasteiger partial charge in [0.05, 0.1) is 34.2 Å². The number of nitrogens with zero attached hydrogens (tertiary/aromatic N) is 5. The largest absolute Gasteiger partial charge is 0.277 e. The number of para-hydroxylation sites is 2. The number of aliphatic imine (C=N–C) groups is 1. The molecule has 3 aromatic heterocycles. The molecule has 0 fully saturated rings. The monoisotopic (exact) mass is 833 g/mol. The van der Waals surface area contributed by atoms with Crippen LogP contribution in [0.2, 0.25) is 0 Å². The zero-order valence-electron chi connectivity index (χ0n) is 36.1. The lowest BCUT2D eigenvalue weighted by Crippen LogP contribution is -2.03. The molecule has 0 saturated heterocycles. The summed E-state index contributed by atoms with van der Waals surface area (Å²) in [5, 5.41) is 6.93. The summed E-state index contributed by atoms with van der Waals surface area (Å²) in [4.78, 5) is 25.2. The summed E-state index contributed by atoms with van der Waals surface area (Å²) in [6.45, 7) is 4.32. The molecule has 0 amide bonds. The van der Waals surface area contributed by atoms with Crippen molar-refractivity contribution in [2.24, 2.45) is 4.99 Å². The number of hydrogen-bond acceptors (Lipinski definition) is 5. The molecule has 0 radical (unpaired) electrons. The summed E-state index contributed by atoms with van der Waals surface area (Å²) < 4.78 is 0. The molecule has 0 saturated carbocycles. The van der Waals surface area contributed by atoms with Crippen molar-refractivity contribution in [1.82, 2.24) is 19.9 Å². The van der Waals surface area contributed by atoms with E-state index in [1.807, 2.05) is 42.7 Å². The van der Waals surface area contributed by atoms with E-state index in [0.29, 0.717) is 5.82 Å². The van der Waals surface area contributed by atoms with Crippen molar-refractivity contribution in [1.29, 1.82) is 0 Å². The van der Waals surface area contributed by atoms with Crippen LogP contribution in [0.3, 0.4) is 0 Å². The Morgan fingerprint density at radius 3 is 1.63 bits per heavy atom. The maximum atomic E-state index is 5.35. The third kappa shape index (κ3) is 8.19. The Morgan fingerprint density at radius 1 is 0.431 bits per heavy atom. The van der Waals surface area contributed by atoms with E-state index < -0.39 is 0 Å². The lowest BCUT2D eigenvalue weighted by atomic mass is 9.97. The van der Waals surface area contributed by atoms with Gasteiger partial charge in [0, 0.05) is 45.4 Å². The van der Waals surface area contributed by atoms with Crippen LogP contribution < -0.4 is 0 Å². The normalized spacial score (nSPS) is 12.6. The van der Waals surface area contributed by atoms with Gasteiger partial charge < -0.3 is 0 Å². The van der Waals surface area contributed by atoms with E-state index in [0.717, 1.165) is 88.8 Å². The fraction of sp³-hybridized carbons (Fsp3) is 0.0500. The lowest BCUT2D eigenvalue weighted by molar-refractivity contribution is 0.823. The number of hydrogen-bond donors (Lipinski definition) is 0. The predicted octanol–water partition coefficient (Wildman–Crippen LogP) is 15.2. The van der Waals surface area contributed by atoms with Gasteiger partial charge in [-0.15, -0.1) is 0 Å². The van der Waals surface area contributed by atoms with Gasteiger partial charge in [0.15, 0.2) is 5.82 Å². The highest BCUT2D eigenvalue weighted by Crippen LogP contribution is 2.32. The van der Waals surface area contributed by atoms with E-state index in [4.69, 9.17) is 24.9 Å². The minimum absolute atomic E-state index is 0.0645. The molecule has 0 aliphatic carbocycles. The molecule has 1 unspecified atom stereocenters. The number of benzene rings is 8. The van der Waals surface area contributed by atoms with Crippen LogP contribution in [-0.2, 0) is 0 Å². The van der Waals surface area contributed by atoms with Gasteiger partial charge >= 0.3 is 0 Å². The van der Waals surface area contributed by atoms with Gasteiger partial charge in [-0.25, -0.2) is 9.97 Å². The van der Waals surface area contributed by atoms with Crippen LogP contribution in [0.25, 0.3) is 94.0 Å². The molecule has 65 heavy (non-hydrogen) atoms. The minimum Gasteiger partial charge on any atom is -0.277 e. The average Bonchev–Trinajstić information content (AvgIpc) is 3.37. The third-order valence-electron chi connectivity index (χ3n) is 12.3. The molecule has 8 aromatic carbocycles. The number of aromatic nitrogens is 4. The first-order chi connectivity index (χ1) is 32.0. The average molecular weight is 834 g/mol. The highest BCUT2D eigenvalue weighted by atomic mass is 14.9. The first-order valence-corrected chi connectivity index (χ1v) is 22.0. The molecule has 5 heteroatoms. The molecule has 0 spiro atoms. The van der Waals surface area contributed by atoms with E-state index in [1.54, 1.807) is 0 Å². The quantitative estimate of drug-likeness (QED) is 0.136. The van der Waals surface area contributed by atoms with Crippen LogP contribution in [0.4, 0.5) is 0 Å². The van der Waals surface area contributed by atoms with Crippen molar-refractivity contribution in [3.8, 4) is 45.0 Å². The van der Waals surface area contributed by atoms with Gasteiger partial charge in [-0.05, 0) is 112 Å². The van der Waals surface area contributed by atoms with Gasteiger partial charge in [-0.2, -0.15) is 0 Å². The van der Waals surface area contributed by atoms with Gasteiger partial charge in [0.1, 0.15) is 0 Å². The van der Waals surface area contributed by atoms with Crippen LogP contribution in [0.15, 0.2) is 224 Å². The van der Waals surface area contributed by atoms with E-state index in [1.165, 1.54) is 21.7 Å². The zero-order chi connectivity index (χ0) is 43.7. The summed E-state index contributed by atoms with van der Waals surface area (Å²) in [5.74, 6) is 0.674. The molecule has 5 nitrogen and oxygen atoms in total. The van der Waals surface area contributed by atoms with E-state index in [2.05, 4.69) is 190 Å². The molecule has 11 aromatic rings. The Kier molecular flexibility index (Phi) is 10.3. The van der Waals surface area contributed by atoms with Crippen LogP contribution in [0.5, 0.6) is 0 Å². The Balaban J connectivity index is 0.903. The zero-order valence-corrected chi connectivity index (χ0v) is 36.1. The summed E-state index contributed by atoms with van der Waals surface area (Å²) in [7, 11) is 0. The molecular weight excluding hydrogens is 791 g/mol. The number of allylic oxidation sites excluding steroid dienone is 2. The van der Waals surface area contributed by atoms with Crippen LogP contribution in [0, 0.1) is 0 Å². The third-order valence-corrected chi connectivity index (χ3v) is 12.3. The number of rotatable bonds is 9. The molecule has 0 aliphatic heterocycles. The van der Waals surface area contributed by atoms with E-state index in [-0.39, 0.29) is 6.04 Å². The molecule has 0 N–H and O–H groups in total. The number of fused-ring (bicyclic) bond motifs is 4. The predicted molar refractivity (Wildman–Crippen MR) is 271 cm³/mol. The first-order valence-electron chi connectivity index (χ1n) is 22.0. The fourth-order valence-electron chi connectivity index (χ4n) is 8.62. The van der Waals surface area contributed by atoms with Gasteiger partial charge in [0.2, 0.25) is 0 Å². The highest BCUT2D eigenvalue weighted by molar-refractivity contribution is 6.13. The van der Waals surface area contributed by atoms with Crippen LogP contribution in [-0.4, -0.2) is 25.6 Å². The second-order valence-electron chi connectivity index (χ2n) is 16.6. The summed E-state index contributed by atoms with van der Waals surface area (Å²) >= 11 is 0. The van der Waals surface area contributed by atoms with Crippen molar-refractivity contribution in [3.05, 3.63) is 235 Å². The molecular formula is C60H43N5. The first kappa shape index (κ1) is 39.4.